The van der Waals surface area contributed by atoms with Crippen LogP contribution in [0.1, 0.15) is 44.2 Å². The van der Waals surface area contributed by atoms with E-state index in [2.05, 4.69) is 5.32 Å². The van der Waals surface area contributed by atoms with Crippen molar-refractivity contribution in [3.63, 3.8) is 0 Å². The van der Waals surface area contributed by atoms with Crippen molar-refractivity contribution in [2.24, 2.45) is 0 Å². The Labute approximate surface area is 183 Å². The Morgan fingerprint density at radius 1 is 1.00 bits per heavy atom. The van der Waals surface area contributed by atoms with Crippen LogP contribution in [0.25, 0.3) is 0 Å². The van der Waals surface area contributed by atoms with Gasteiger partial charge in [0, 0.05) is 19.5 Å². The third-order valence-corrected chi connectivity index (χ3v) is 5.48. The number of nitrogens with zero attached hydrogens (tertiary/aromatic N) is 1. The van der Waals surface area contributed by atoms with Crippen molar-refractivity contribution < 1.29 is 9.59 Å². The van der Waals surface area contributed by atoms with Crippen molar-refractivity contribution in [2.75, 3.05) is 6.54 Å². The molecule has 0 aliphatic heterocycles. The van der Waals surface area contributed by atoms with E-state index in [1.54, 1.807) is 17.0 Å². The monoisotopic (exact) mass is 434 g/mol. The third kappa shape index (κ3) is 7.06. The van der Waals surface area contributed by atoms with Crippen LogP contribution in [-0.4, -0.2) is 29.3 Å². The maximum atomic E-state index is 13.1. The Morgan fingerprint density at radius 2 is 1.72 bits per heavy atom. The first kappa shape index (κ1) is 23.2. The van der Waals surface area contributed by atoms with Crippen LogP contribution in [0, 0.1) is 0 Å². The molecule has 1 N–H and O–H groups in total. The molecule has 2 amide bonds. The van der Waals surface area contributed by atoms with Crippen LogP contribution in [0.3, 0.4) is 0 Å². The smallest absolute Gasteiger partial charge is 0.242 e. The maximum absolute atomic E-state index is 13.1. The first-order chi connectivity index (χ1) is 14.0. The Hall–Kier alpha value is -2.04. The van der Waals surface area contributed by atoms with Crippen LogP contribution < -0.4 is 5.32 Å². The van der Waals surface area contributed by atoms with Gasteiger partial charge in [-0.15, -0.1) is 0 Å². The summed E-state index contributed by atoms with van der Waals surface area (Å²) in [6.45, 7) is 4.82. The fourth-order valence-electron chi connectivity index (χ4n) is 3.16. The van der Waals surface area contributed by atoms with E-state index < -0.39 is 6.04 Å². The molecular weight excluding hydrogens is 407 g/mol. The van der Waals surface area contributed by atoms with Gasteiger partial charge in [-0.1, -0.05) is 73.4 Å². The minimum absolute atomic E-state index is 0.0570. The van der Waals surface area contributed by atoms with E-state index in [0.717, 1.165) is 17.5 Å². The minimum atomic E-state index is -0.528. The van der Waals surface area contributed by atoms with Gasteiger partial charge in [0.25, 0.3) is 0 Å². The zero-order chi connectivity index (χ0) is 21.2. The van der Waals surface area contributed by atoms with Crippen LogP contribution in [-0.2, 0) is 22.6 Å². The molecule has 2 aromatic carbocycles. The molecule has 0 heterocycles. The number of hydrogen-bond donors (Lipinski definition) is 1. The van der Waals surface area contributed by atoms with Gasteiger partial charge in [-0.2, -0.15) is 0 Å². The zero-order valence-corrected chi connectivity index (χ0v) is 18.5. The number of amides is 2. The van der Waals surface area contributed by atoms with Gasteiger partial charge in [-0.3, -0.25) is 9.59 Å². The fourth-order valence-corrected chi connectivity index (χ4v) is 3.48. The largest absolute Gasteiger partial charge is 0.354 e. The molecule has 0 spiro atoms. The average Bonchev–Trinajstić information content (AvgIpc) is 2.73. The average molecular weight is 435 g/mol. The van der Waals surface area contributed by atoms with E-state index in [-0.39, 0.29) is 11.8 Å². The third-order valence-electron chi connectivity index (χ3n) is 4.74. The number of benzene rings is 2. The lowest BCUT2D eigenvalue weighted by Crippen LogP contribution is -2.49. The van der Waals surface area contributed by atoms with Crippen molar-refractivity contribution in [3.05, 3.63) is 69.7 Å². The highest BCUT2D eigenvalue weighted by molar-refractivity contribution is 6.42. The molecule has 6 heteroatoms. The summed E-state index contributed by atoms with van der Waals surface area (Å²) in [7, 11) is 0. The van der Waals surface area contributed by atoms with E-state index in [4.69, 9.17) is 23.2 Å². The van der Waals surface area contributed by atoms with Crippen LogP contribution in [0.15, 0.2) is 48.5 Å². The van der Waals surface area contributed by atoms with Crippen molar-refractivity contribution >= 4 is 35.0 Å². The number of rotatable bonds is 10. The number of halogens is 2. The van der Waals surface area contributed by atoms with Crippen LogP contribution in [0.4, 0.5) is 0 Å². The molecule has 0 aliphatic carbocycles. The molecule has 1 atom stereocenters. The Balaban J connectivity index is 2.21. The van der Waals surface area contributed by atoms with Gasteiger partial charge >= 0.3 is 0 Å². The lowest BCUT2D eigenvalue weighted by molar-refractivity contribution is -0.141. The SMILES string of the molecule is CCCNC(=O)[C@H](CC)N(Cc1ccc(Cl)c(Cl)c1)C(=O)CCc1ccccc1. The quantitative estimate of drug-likeness (QED) is 0.554. The van der Waals surface area contributed by atoms with Crippen molar-refractivity contribution in [1.82, 2.24) is 10.2 Å². The summed E-state index contributed by atoms with van der Waals surface area (Å²) in [5, 5.41) is 3.82. The molecule has 0 bridgehead atoms. The predicted octanol–water partition coefficient (Wildman–Crippen LogP) is 5.26. The van der Waals surface area contributed by atoms with Gasteiger partial charge in [0.2, 0.25) is 11.8 Å². The summed E-state index contributed by atoms with van der Waals surface area (Å²) in [4.78, 5) is 27.5. The minimum Gasteiger partial charge on any atom is -0.354 e. The molecule has 0 unspecified atom stereocenters. The second kappa shape index (κ2) is 11.8. The van der Waals surface area contributed by atoms with E-state index in [9.17, 15) is 9.59 Å². The number of carbonyl (C=O) groups excluding carboxylic acids is 2. The number of hydrogen-bond acceptors (Lipinski definition) is 2. The standard InChI is InChI=1S/C23H28Cl2N2O2/c1-3-14-26-23(29)21(4-2)27(16-18-10-12-19(24)20(25)15-18)22(28)13-11-17-8-6-5-7-9-17/h5-10,12,15,21H,3-4,11,13-14,16H2,1-2H3,(H,26,29)/t21-/m0/s1. The molecule has 156 valence electrons. The van der Waals surface area contributed by atoms with E-state index in [1.807, 2.05) is 50.2 Å². The summed E-state index contributed by atoms with van der Waals surface area (Å²) >= 11 is 12.2. The summed E-state index contributed by atoms with van der Waals surface area (Å²) in [5.41, 5.74) is 1.94. The second-order valence-electron chi connectivity index (χ2n) is 6.97. The Morgan fingerprint density at radius 3 is 2.34 bits per heavy atom. The molecule has 0 fully saturated rings. The maximum Gasteiger partial charge on any atom is 0.242 e. The molecule has 0 saturated carbocycles. The summed E-state index contributed by atoms with van der Waals surface area (Å²) in [6.07, 6.45) is 2.35. The lowest BCUT2D eigenvalue weighted by Gasteiger charge is -2.31. The van der Waals surface area contributed by atoms with Gasteiger partial charge in [0.05, 0.1) is 10.0 Å². The van der Waals surface area contributed by atoms with Gasteiger partial charge in [-0.25, -0.2) is 0 Å². The van der Waals surface area contributed by atoms with Crippen molar-refractivity contribution in [1.29, 1.82) is 0 Å². The molecule has 0 aromatic heterocycles. The second-order valence-corrected chi connectivity index (χ2v) is 7.79. The number of nitrogens with one attached hydrogen (secondary N) is 1. The molecule has 2 rings (SSSR count). The van der Waals surface area contributed by atoms with Crippen LogP contribution >= 0.6 is 23.2 Å². The highest BCUT2D eigenvalue weighted by Gasteiger charge is 2.28. The Bertz CT molecular complexity index is 812. The molecule has 0 saturated heterocycles. The van der Waals surface area contributed by atoms with Gasteiger partial charge in [-0.05, 0) is 42.5 Å². The Kier molecular flexibility index (Phi) is 9.49. The van der Waals surface area contributed by atoms with Gasteiger partial charge in [0.1, 0.15) is 6.04 Å². The zero-order valence-electron chi connectivity index (χ0n) is 17.0. The van der Waals surface area contributed by atoms with E-state index in [0.29, 0.717) is 42.4 Å². The first-order valence-electron chi connectivity index (χ1n) is 10.0. The molecule has 2 aromatic rings. The van der Waals surface area contributed by atoms with Crippen LogP contribution in [0.5, 0.6) is 0 Å². The van der Waals surface area contributed by atoms with Gasteiger partial charge < -0.3 is 10.2 Å². The molecule has 0 aliphatic rings. The normalized spacial score (nSPS) is 11.7. The summed E-state index contributed by atoms with van der Waals surface area (Å²) in [6, 6.07) is 14.6. The predicted molar refractivity (Wildman–Crippen MR) is 119 cm³/mol. The summed E-state index contributed by atoms with van der Waals surface area (Å²) < 4.78 is 0. The topological polar surface area (TPSA) is 49.4 Å². The molecule has 29 heavy (non-hydrogen) atoms. The first-order valence-corrected chi connectivity index (χ1v) is 10.8. The van der Waals surface area contributed by atoms with E-state index in [1.165, 1.54) is 0 Å². The lowest BCUT2D eigenvalue weighted by atomic mass is 10.1. The van der Waals surface area contributed by atoms with Gasteiger partial charge in [0.15, 0.2) is 0 Å². The van der Waals surface area contributed by atoms with Crippen LogP contribution in [0.2, 0.25) is 10.0 Å². The van der Waals surface area contributed by atoms with Crippen molar-refractivity contribution in [2.45, 2.75) is 52.1 Å². The summed E-state index contributed by atoms with van der Waals surface area (Å²) in [5.74, 6) is -0.180. The number of aryl methyl sites for hydroxylation is 1. The fraction of sp³-hybridized carbons (Fsp3) is 0.391. The van der Waals surface area contributed by atoms with E-state index >= 15 is 0 Å². The highest BCUT2D eigenvalue weighted by Crippen LogP contribution is 2.24. The molecular formula is C23H28Cl2N2O2. The molecule has 0 radical (unpaired) electrons. The molecule has 4 nitrogen and oxygen atoms in total. The van der Waals surface area contributed by atoms with Crippen molar-refractivity contribution in [3.8, 4) is 0 Å². The number of carbonyl (C=O) groups is 2. The highest BCUT2D eigenvalue weighted by atomic mass is 35.5.